The van der Waals surface area contributed by atoms with Gasteiger partial charge in [-0.3, -0.25) is 0 Å². The van der Waals surface area contributed by atoms with E-state index in [-0.39, 0.29) is 0 Å². The van der Waals surface area contributed by atoms with Crippen LogP contribution in [0.25, 0.3) is 109 Å². The lowest BCUT2D eigenvalue weighted by molar-refractivity contribution is 0.669. The van der Waals surface area contributed by atoms with Gasteiger partial charge in [0.15, 0.2) is 5.58 Å². The lowest BCUT2D eigenvalue weighted by Crippen LogP contribution is -2.11. The number of fused-ring (bicyclic) bond motifs is 9. The Morgan fingerprint density at radius 2 is 0.750 bits per heavy atom. The van der Waals surface area contributed by atoms with Crippen molar-refractivity contribution in [2.75, 3.05) is 4.90 Å². The lowest BCUT2D eigenvalue weighted by Gasteiger charge is -2.27. The van der Waals surface area contributed by atoms with Crippen LogP contribution in [0.15, 0.2) is 241 Å². The van der Waals surface area contributed by atoms with Crippen molar-refractivity contribution in [3.05, 3.63) is 237 Å². The van der Waals surface area contributed by atoms with E-state index in [2.05, 4.69) is 241 Å². The second kappa shape index (κ2) is 14.6. The highest BCUT2D eigenvalue weighted by Gasteiger charge is 2.22. The molecule has 0 fully saturated rings. The summed E-state index contributed by atoms with van der Waals surface area (Å²) < 4.78 is 6.91. The third-order valence-corrected chi connectivity index (χ3v) is 13.2. The fraction of sp³-hybridized carbons (Fsp3) is 0. The first-order valence-corrected chi connectivity index (χ1v) is 22.0. The summed E-state index contributed by atoms with van der Waals surface area (Å²) in [5.41, 5.74) is 12.1. The van der Waals surface area contributed by atoms with E-state index in [0.29, 0.717) is 0 Å². The zero-order valence-corrected chi connectivity index (χ0v) is 34.9. The average Bonchev–Trinajstić information content (AvgIpc) is 3.76. The third kappa shape index (κ3) is 5.95. The van der Waals surface area contributed by atoms with Crippen LogP contribution in [0.1, 0.15) is 0 Å². The van der Waals surface area contributed by atoms with E-state index in [4.69, 9.17) is 4.42 Å². The van der Waals surface area contributed by atoms with Crippen molar-refractivity contribution in [3.63, 3.8) is 0 Å². The highest BCUT2D eigenvalue weighted by Crippen LogP contribution is 2.47. The van der Waals surface area contributed by atoms with Crippen LogP contribution in [0.2, 0.25) is 0 Å². The van der Waals surface area contributed by atoms with Gasteiger partial charge in [-0.1, -0.05) is 182 Å². The number of anilines is 3. The van der Waals surface area contributed by atoms with Gasteiger partial charge in [-0.15, -0.1) is 0 Å². The van der Waals surface area contributed by atoms with Crippen LogP contribution in [-0.2, 0) is 0 Å². The van der Waals surface area contributed by atoms with Crippen LogP contribution in [0, 0.1) is 0 Å². The minimum absolute atomic E-state index is 0.859. The molecule has 298 valence electrons. The molecule has 0 spiro atoms. The Morgan fingerprint density at radius 3 is 1.45 bits per heavy atom. The molecule has 0 saturated heterocycles. The zero-order valence-electron chi connectivity index (χ0n) is 34.9. The van der Waals surface area contributed by atoms with E-state index in [1.807, 2.05) is 0 Å². The minimum atomic E-state index is 0.859. The first-order valence-electron chi connectivity index (χ1n) is 22.0. The second-order valence-electron chi connectivity index (χ2n) is 16.9. The normalized spacial score (nSPS) is 11.8. The molecule has 12 aromatic carbocycles. The maximum Gasteiger partial charge on any atom is 0.159 e. The van der Waals surface area contributed by atoms with Gasteiger partial charge < -0.3 is 9.32 Å². The summed E-state index contributed by atoms with van der Waals surface area (Å²) >= 11 is 0. The van der Waals surface area contributed by atoms with Gasteiger partial charge in [-0.2, -0.15) is 0 Å². The van der Waals surface area contributed by atoms with Crippen LogP contribution in [0.5, 0.6) is 0 Å². The summed E-state index contributed by atoms with van der Waals surface area (Å²) in [6.07, 6.45) is 0. The molecule has 2 heteroatoms. The molecule has 0 amide bonds. The Kier molecular flexibility index (Phi) is 8.25. The van der Waals surface area contributed by atoms with Crippen molar-refractivity contribution in [1.29, 1.82) is 0 Å². The second-order valence-corrected chi connectivity index (χ2v) is 16.9. The topological polar surface area (TPSA) is 16.4 Å². The largest absolute Gasteiger partial charge is 0.454 e. The average molecular weight is 814 g/mol. The number of benzene rings is 12. The zero-order chi connectivity index (χ0) is 42.1. The van der Waals surface area contributed by atoms with Crippen LogP contribution in [0.4, 0.5) is 17.1 Å². The maximum absolute atomic E-state index is 6.91. The van der Waals surface area contributed by atoms with Gasteiger partial charge in [0.2, 0.25) is 0 Å². The highest BCUT2D eigenvalue weighted by molar-refractivity contribution is 6.21. The van der Waals surface area contributed by atoms with Crippen molar-refractivity contribution in [2.45, 2.75) is 0 Å². The predicted octanol–water partition coefficient (Wildman–Crippen LogP) is 17.8. The van der Waals surface area contributed by atoms with E-state index in [9.17, 15) is 0 Å². The molecule has 2 nitrogen and oxygen atoms in total. The number of para-hydroxylation sites is 1. The predicted molar refractivity (Wildman–Crippen MR) is 272 cm³/mol. The standard InChI is InChI=1S/C62H39NO/c1-3-13-44-36-47(24-22-40(44)10-1)50-28-27-48-37-46(25-26-49(48)38-50)42-30-33-52(34-31-42)63(59-21-9-19-57-61-54-15-6-5-12-43(54)32-35-60(61)64-62(57)59)58-20-8-17-55-53(16-7-18-56(55)58)51-29-23-41-11-2-4-14-45(41)39-51/h1-39H. The summed E-state index contributed by atoms with van der Waals surface area (Å²) in [6, 6.07) is 86.1. The summed E-state index contributed by atoms with van der Waals surface area (Å²) in [4.78, 5) is 2.39. The van der Waals surface area contributed by atoms with Crippen molar-refractivity contribution in [2.24, 2.45) is 0 Å². The van der Waals surface area contributed by atoms with Gasteiger partial charge in [-0.25, -0.2) is 0 Å². The number of rotatable bonds is 6. The fourth-order valence-electron chi connectivity index (χ4n) is 10.0. The first-order chi connectivity index (χ1) is 31.7. The smallest absolute Gasteiger partial charge is 0.159 e. The summed E-state index contributed by atoms with van der Waals surface area (Å²) in [6.45, 7) is 0. The quantitative estimate of drug-likeness (QED) is 0.166. The number of hydrogen-bond acceptors (Lipinski definition) is 2. The van der Waals surface area contributed by atoms with Crippen LogP contribution in [0.3, 0.4) is 0 Å². The molecule has 0 aliphatic rings. The Morgan fingerprint density at radius 1 is 0.281 bits per heavy atom. The molecule has 13 aromatic rings. The molecule has 0 radical (unpaired) electrons. The molecule has 0 atom stereocenters. The van der Waals surface area contributed by atoms with Crippen LogP contribution >= 0.6 is 0 Å². The summed E-state index contributed by atoms with van der Waals surface area (Å²) in [5.74, 6) is 0. The SMILES string of the molecule is c1ccc2cc(-c3ccc4cc(-c5ccc(N(c6cccc7c(-c8ccc9ccccc9c8)cccc67)c6cccc7c6oc6ccc8ccccc8c67)cc5)ccc4c3)ccc2c1. The van der Waals surface area contributed by atoms with Crippen molar-refractivity contribution < 1.29 is 4.42 Å². The highest BCUT2D eigenvalue weighted by atomic mass is 16.3. The van der Waals surface area contributed by atoms with E-state index >= 15 is 0 Å². The van der Waals surface area contributed by atoms with Gasteiger partial charge >= 0.3 is 0 Å². The molecular weight excluding hydrogens is 775 g/mol. The Hall–Kier alpha value is -8.46. The van der Waals surface area contributed by atoms with Gasteiger partial charge in [0, 0.05) is 21.8 Å². The van der Waals surface area contributed by atoms with E-state index in [1.54, 1.807) is 0 Å². The molecule has 0 N–H and O–H groups in total. The van der Waals surface area contributed by atoms with E-state index < -0.39 is 0 Å². The molecule has 1 aromatic heterocycles. The van der Waals surface area contributed by atoms with Gasteiger partial charge in [0.25, 0.3) is 0 Å². The molecule has 0 unspecified atom stereocenters. The number of hydrogen-bond donors (Lipinski definition) is 0. The third-order valence-electron chi connectivity index (χ3n) is 13.2. The lowest BCUT2D eigenvalue weighted by atomic mass is 9.95. The van der Waals surface area contributed by atoms with Gasteiger partial charge in [-0.05, 0) is 136 Å². The molecule has 0 saturated carbocycles. The monoisotopic (exact) mass is 813 g/mol. The molecular formula is C62H39NO. The van der Waals surface area contributed by atoms with Crippen LogP contribution < -0.4 is 4.90 Å². The Balaban J connectivity index is 0.946. The summed E-state index contributed by atoms with van der Waals surface area (Å²) in [7, 11) is 0. The van der Waals surface area contributed by atoms with Crippen LogP contribution in [-0.4, -0.2) is 0 Å². The molecule has 64 heavy (non-hydrogen) atoms. The van der Waals surface area contributed by atoms with Crippen molar-refractivity contribution >= 4 is 92.9 Å². The molecule has 0 bridgehead atoms. The van der Waals surface area contributed by atoms with Crippen molar-refractivity contribution in [1.82, 2.24) is 0 Å². The fourth-order valence-corrected chi connectivity index (χ4v) is 10.0. The van der Waals surface area contributed by atoms with E-state index in [1.165, 1.54) is 76.3 Å². The maximum atomic E-state index is 6.91. The Bertz CT molecular complexity index is 3970. The van der Waals surface area contributed by atoms with Gasteiger partial charge in [0.1, 0.15) is 5.58 Å². The number of nitrogens with zero attached hydrogens (tertiary/aromatic N) is 1. The molecule has 13 rings (SSSR count). The minimum Gasteiger partial charge on any atom is -0.454 e. The van der Waals surface area contributed by atoms with Crippen molar-refractivity contribution in [3.8, 4) is 33.4 Å². The summed E-state index contributed by atoms with van der Waals surface area (Å²) in [5, 5.41) is 14.4. The molecule has 0 aliphatic carbocycles. The number of furan rings is 1. The molecule has 0 aliphatic heterocycles. The molecule has 1 heterocycles. The van der Waals surface area contributed by atoms with Gasteiger partial charge in [0.05, 0.1) is 11.4 Å². The Labute approximate surface area is 370 Å². The van der Waals surface area contributed by atoms with E-state index in [0.717, 1.165) is 50.0 Å². The first kappa shape index (κ1) is 36.2.